The first-order valence-electron chi connectivity index (χ1n) is 6.65. The minimum absolute atomic E-state index is 0.0598. The van der Waals surface area contributed by atoms with E-state index in [1.54, 1.807) is 13.0 Å². The Kier molecular flexibility index (Phi) is 4.61. The van der Waals surface area contributed by atoms with Gasteiger partial charge in [0.2, 0.25) is 0 Å². The number of anilines is 2. The van der Waals surface area contributed by atoms with Crippen LogP contribution in [-0.4, -0.2) is 37.5 Å². The molecule has 0 amide bonds. The van der Waals surface area contributed by atoms with Gasteiger partial charge in [-0.3, -0.25) is 0 Å². The molecule has 1 aromatic carbocycles. The molecule has 0 bridgehead atoms. The van der Waals surface area contributed by atoms with Gasteiger partial charge in [0.15, 0.2) is 0 Å². The molecule has 106 valence electrons. The predicted octanol–water partition coefficient (Wildman–Crippen LogP) is 1.69. The number of benzene rings is 1. The Labute approximate surface area is 113 Å². The second-order valence-corrected chi connectivity index (χ2v) is 4.94. The van der Waals surface area contributed by atoms with Crippen molar-refractivity contribution in [2.75, 3.05) is 36.9 Å². The monoisotopic (exact) mass is 268 g/mol. The summed E-state index contributed by atoms with van der Waals surface area (Å²) in [5.41, 5.74) is 7.89. The molecule has 1 saturated heterocycles. The first kappa shape index (κ1) is 14.1. The number of hydrogen-bond acceptors (Lipinski definition) is 4. The van der Waals surface area contributed by atoms with Crippen molar-refractivity contribution in [2.24, 2.45) is 0 Å². The van der Waals surface area contributed by atoms with Crippen molar-refractivity contribution in [3.63, 3.8) is 0 Å². The molecule has 3 N–H and O–H groups in total. The fourth-order valence-corrected chi connectivity index (χ4v) is 2.44. The minimum Gasteiger partial charge on any atom is -0.397 e. The standard InChI is InChI=1S/C14H21FN2O2/c1-10-8-14(13(16)9-12(10)15)17-4-2-11(3-5-17)19-7-6-18/h8-9,11,18H,2-7,16H2,1H3. The zero-order chi connectivity index (χ0) is 13.8. The minimum atomic E-state index is -0.262. The lowest BCUT2D eigenvalue weighted by atomic mass is 10.1. The highest BCUT2D eigenvalue weighted by Crippen LogP contribution is 2.29. The molecule has 1 heterocycles. The van der Waals surface area contributed by atoms with Crippen LogP contribution in [0, 0.1) is 12.7 Å². The Balaban J connectivity index is 1.99. The Morgan fingerprint density at radius 3 is 2.74 bits per heavy atom. The normalized spacial score (nSPS) is 16.9. The Morgan fingerprint density at radius 1 is 1.42 bits per heavy atom. The van der Waals surface area contributed by atoms with Gasteiger partial charge in [-0.05, 0) is 37.5 Å². The molecular weight excluding hydrogens is 247 g/mol. The third kappa shape index (κ3) is 3.36. The van der Waals surface area contributed by atoms with E-state index < -0.39 is 0 Å². The molecule has 0 aliphatic carbocycles. The molecule has 1 aliphatic rings. The van der Waals surface area contributed by atoms with Gasteiger partial charge in [0.25, 0.3) is 0 Å². The number of aryl methyl sites for hydroxylation is 1. The molecule has 0 atom stereocenters. The summed E-state index contributed by atoms with van der Waals surface area (Å²) in [5.74, 6) is -0.262. The van der Waals surface area contributed by atoms with E-state index in [2.05, 4.69) is 4.90 Å². The summed E-state index contributed by atoms with van der Waals surface area (Å²) in [6.45, 7) is 3.87. The zero-order valence-corrected chi connectivity index (χ0v) is 11.2. The largest absolute Gasteiger partial charge is 0.397 e. The molecule has 1 aliphatic heterocycles. The van der Waals surface area contributed by atoms with Gasteiger partial charge in [-0.2, -0.15) is 0 Å². The summed E-state index contributed by atoms with van der Waals surface area (Å²) >= 11 is 0. The smallest absolute Gasteiger partial charge is 0.128 e. The van der Waals surface area contributed by atoms with Crippen molar-refractivity contribution < 1.29 is 14.2 Å². The van der Waals surface area contributed by atoms with Crippen molar-refractivity contribution in [2.45, 2.75) is 25.9 Å². The van der Waals surface area contributed by atoms with Crippen LogP contribution in [-0.2, 0) is 4.74 Å². The lowest BCUT2D eigenvalue weighted by Gasteiger charge is -2.34. The molecule has 2 rings (SSSR count). The van der Waals surface area contributed by atoms with Gasteiger partial charge in [0.05, 0.1) is 30.7 Å². The number of aliphatic hydroxyl groups excluding tert-OH is 1. The van der Waals surface area contributed by atoms with Gasteiger partial charge >= 0.3 is 0 Å². The highest BCUT2D eigenvalue weighted by atomic mass is 19.1. The maximum absolute atomic E-state index is 13.4. The molecule has 0 saturated carbocycles. The van der Waals surface area contributed by atoms with Gasteiger partial charge in [0.1, 0.15) is 5.82 Å². The second kappa shape index (κ2) is 6.21. The van der Waals surface area contributed by atoms with Crippen LogP contribution < -0.4 is 10.6 Å². The molecule has 19 heavy (non-hydrogen) atoms. The molecule has 1 aromatic rings. The van der Waals surface area contributed by atoms with Crippen LogP contribution in [0.25, 0.3) is 0 Å². The first-order valence-corrected chi connectivity index (χ1v) is 6.65. The van der Waals surface area contributed by atoms with E-state index in [0.29, 0.717) is 17.9 Å². The van der Waals surface area contributed by atoms with E-state index in [4.69, 9.17) is 15.6 Å². The Bertz CT molecular complexity index is 432. The van der Waals surface area contributed by atoms with Gasteiger partial charge in [-0.1, -0.05) is 0 Å². The van der Waals surface area contributed by atoms with Gasteiger partial charge in [-0.25, -0.2) is 4.39 Å². The maximum atomic E-state index is 13.4. The maximum Gasteiger partial charge on any atom is 0.128 e. The van der Waals surface area contributed by atoms with Crippen LogP contribution >= 0.6 is 0 Å². The fraction of sp³-hybridized carbons (Fsp3) is 0.571. The number of aliphatic hydroxyl groups is 1. The van der Waals surface area contributed by atoms with E-state index >= 15 is 0 Å². The first-order chi connectivity index (χ1) is 9.11. The summed E-state index contributed by atoms with van der Waals surface area (Å²) in [6, 6.07) is 3.19. The number of nitrogen functional groups attached to an aromatic ring is 1. The van der Waals surface area contributed by atoms with Crippen molar-refractivity contribution in [3.8, 4) is 0 Å². The summed E-state index contributed by atoms with van der Waals surface area (Å²) < 4.78 is 18.9. The van der Waals surface area contributed by atoms with Crippen LogP contribution in [0.3, 0.4) is 0 Å². The SMILES string of the molecule is Cc1cc(N2CCC(OCCO)CC2)c(N)cc1F. The van der Waals surface area contributed by atoms with Gasteiger partial charge in [-0.15, -0.1) is 0 Å². The molecule has 0 unspecified atom stereocenters. The van der Waals surface area contributed by atoms with E-state index in [1.165, 1.54) is 6.07 Å². The lowest BCUT2D eigenvalue weighted by Crippen LogP contribution is -2.37. The quantitative estimate of drug-likeness (QED) is 0.816. The third-order valence-corrected chi connectivity index (χ3v) is 3.54. The average Bonchev–Trinajstić information content (AvgIpc) is 2.41. The molecule has 4 nitrogen and oxygen atoms in total. The summed E-state index contributed by atoms with van der Waals surface area (Å²) in [6.07, 6.45) is 2.00. The fourth-order valence-electron chi connectivity index (χ4n) is 2.44. The van der Waals surface area contributed by atoms with Crippen LogP contribution in [0.2, 0.25) is 0 Å². The van der Waals surface area contributed by atoms with E-state index in [-0.39, 0.29) is 18.5 Å². The van der Waals surface area contributed by atoms with Crippen LogP contribution in [0.4, 0.5) is 15.8 Å². The highest BCUT2D eigenvalue weighted by Gasteiger charge is 2.21. The Morgan fingerprint density at radius 2 is 2.11 bits per heavy atom. The van der Waals surface area contributed by atoms with E-state index in [1.807, 2.05) is 0 Å². The predicted molar refractivity (Wildman–Crippen MR) is 73.8 cm³/mol. The molecule has 0 aromatic heterocycles. The number of nitrogens with two attached hydrogens (primary N) is 1. The summed E-state index contributed by atoms with van der Waals surface area (Å²) in [7, 11) is 0. The number of halogens is 1. The lowest BCUT2D eigenvalue weighted by molar-refractivity contribution is 0.0159. The van der Waals surface area contributed by atoms with Crippen molar-refractivity contribution in [1.29, 1.82) is 0 Å². The number of hydrogen-bond donors (Lipinski definition) is 2. The van der Waals surface area contributed by atoms with E-state index in [9.17, 15) is 4.39 Å². The van der Waals surface area contributed by atoms with Gasteiger partial charge in [0, 0.05) is 13.1 Å². The van der Waals surface area contributed by atoms with Crippen molar-refractivity contribution in [3.05, 3.63) is 23.5 Å². The average molecular weight is 268 g/mol. The van der Waals surface area contributed by atoms with Crippen LogP contribution in [0.5, 0.6) is 0 Å². The van der Waals surface area contributed by atoms with E-state index in [0.717, 1.165) is 31.6 Å². The number of piperidine rings is 1. The number of ether oxygens (including phenoxy) is 1. The van der Waals surface area contributed by atoms with Crippen molar-refractivity contribution >= 4 is 11.4 Å². The summed E-state index contributed by atoms with van der Waals surface area (Å²) in [4.78, 5) is 2.17. The summed E-state index contributed by atoms with van der Waals surface area (Å²) in [5, 5.41) is 8.73. The highest BCUT2D eigenvalue weighted by molar-refractivity contribution is 5.69. The van der Waals surface area contributed by atoms with Crippen molar-refractivity contribution in [1.82, 2.24) is 0 Å². The van der Waals surface area contributed by atoms with Gasteiger partial charge < -0.3 is 20.5 Å². The Hall–Kier alpha value is -1.33. The topological polar surface area (TPSA) is 58.7 Å². The van der Waals surface area contributed by atoms with Crippen LogP contribution in [0.15, 0.2) is 12.1 Å². The second-order valence-electron chi connectivity index (χ2n) is 4.94. The molecule has 1 fully saturated rings. The third-order valence-electron chi connectivity index (χ3n) is 3.54. The molecule has 5 heteroatoms. The molecular formula is C14H21FN2O2. The molecule has 0 spiro atoms. The van der Waals surface area contributed by atoms with Crippen LogP contribution in [0.1, 0.15) is 18.4 Å². The number of nitrogens with zero attached hydrogens (tertiary/aromatic N) is 1. The number of rotatable bonds is 4. The zero-order valence-electron chi connectivity index (χ0n) is 11.2. The molecule has 0 radical (unpaired) electrons.